The van der Waals surface area contributed by atoms with E-state index in [9.17, 15) is 4.79 Å². The van der Waals surface area contributed by atoms with Gasteiger partial charge in [0.15, 0.2) is 0 Å². The maximum Gasteiger partial charge on any atom is 0.337 e. The summed E-state index contributed by atoms with van der Waals surface area (Å²) in [4.78, 5) is 15.6. The fraction of sp³-hybridized carbons (Fsp3) is 0. The number of nitriles is 1. The molecule has 6 heteroatoms. The number of benzene rings is 1. The summed E-state index contributed by atoms with van der Waals surface area (Å²) < 4.78 is 0. The van der Waals surface area contributed by atoms with Gasteiger partial charge in [-0.05, 0) is 36.4 Å². The van der Waals surface area contributed by atoms with Gasteiger partial charge >= 0.3 is 6.03 Å². The zero-order valence-corrected chi connectivity index (χ0v) is 9.92. The number of amides is 2. The molecule has 0 aliphatic heterocycles. The van der Waals surface area contributed by atoms with E-state index < -0.39 is 6.03 Å². The third-order valence-electron chi connectivity index (χ3n) is 2.24. The van der Waals surface area contributed by atoms with E-state index in [0.29, 0.717) is 17.1 Å². The van der Waals surface area contributed by atoms with Crippen LogP contribution in [0.4, 0.5) is 16.3 Å². The average molecular weight is 253 g/mol. The Hall–Kier alpha value is -3.07. The SMILES string of the molecule is N#Cc1ccc(NC(=O)NNc2ccccn2)cc1. The molecule has 19 heavy (non-hydrogen) atoms. The molecule has 1 aromatic carbocycles. The Bertz CT molecular complexity index is 589. The average Bonchev–Trinajstić information content (AvgIpc) is 2.47. The topological polar surface area (TPSA) is 89.8 Å². The molecule has 0 spiro atoms. The number of hydrazine groups is 1. The smallest absolute Gasteiger partial charge is 0.307 e. The van der Waals surface area contributed by atoms with Crippen molar-refractivity contribution in [2.45, 2.75) is 0 Å². The minimum atomic E-state index is -0.421. The Morgan fingerprint density at radius 2 is 1.95 bits per heavy atom. The van der Waals surface area contributed by atoms with Crippen LogP contribution in [0.2, 0.25) is 0 Å². The molecule has 0 aliphatic carbocycles. The Morgan fingerprint density at radius 1 is 1.16 bits per heavy atom. The number of rotatable bonds is 3. The van der Waals surface area contributed by atoms with E-state index in [1.807, 2.05) is 6.07 Å². The van der Waals surface area contributed by atoms with Gasteiger partial charge in [0.25, 0.3) is 0 Å². The number of hydrogen-bond donors (Lipinski definition) is 3. The molecular weight excluding hydrogens is 242 g/mol. The number of pyridine rings is 1. The highest BCUT2D eigenvalue weighted by Crippen LogP contribution is 2.08. The Kier molecular flexibility index (Phi) is 3.93. The molecule has 2 aromatic rings. The number of carbonyl (C=O) groups excluding carboxylic acids is 1. The van der Waals surface area contributed by atoms with Gasteiger partial charge in [0.05, 0.1) is 11.6 Å². The lowest BCUT2D eigenvalue weighted by Crippen LogP contribution is -2.33. The first-order valence-electron chi connectivity index (χ1n) is 5.52. The normalized spacial score (nSPS) is 9.21. The summed E-state index contributed by atoms with van der Waals surface area (Å²) in [5.41, 5.74) is 6.25. The van der Waals surface area contributed by atoms with Crippen LogP contribution in [0.3, 0.4) is 0 Å². The van der Waals surface area contributed by atoms with E-state index in [-0.39, 0.29) is 0 Å². The minimum absolute atomic E-state index is 0.421. The fourth-order valence-electron chi connectivity index (χ4n) is 1.35. The molecule has 0 fully saturated rings. The van der Waals surface area contributed by atoms with Gasteiger partial charge in [0.1, 0.15) is 5.82 Å². The molecule has 2 rings (SSSR count). The maximum absolute atomic E-state index is 11.6. The zero-order valence-electron chi connectivity index (χ0n) is 9.92. The van der Waals surface area contributed by atoms with E-state index in [0.717, 1.165) is 0 Å². The first-order chi connectivity index (χ1) is 9.28. The van der Waals surface area contributed by atoms with E-state index in [1.54, 1.807) is 48.7 Å². The van der Waals surface area contributed by atoms with Crippen LogP contribution in [-0.2, 0) is 0 Å². The van der Waals surface area contributed by atoms with Crippen LogP contribution >= 0.6 is 0 Å². The minimum Gasteiger partial charge on any atom is -0.307 e. The van der Waals surface area contributed by atoms with Crippen molar-refractivity contribution >= 4 is 17.5 Å². The molecule has 3 N–H and O–H groups in total. The van der Waals surface area contributed by atoms with E-state index in [2.05, 4.69) is 21.2 Å². The molecule has 2 amide bonds. The van der Waals surface area contributed by atoms with Crippen LogP contribution in [0.1, 0.15) is 5.56 Å². The first-order valence-corrected chi connectivity index (χ1v) is 5.52. The lowest BCUT2D eigenvalue weighted by Gasteiger charge is -2.08. The molecule has 0 bridgehead atoms. The number of anilines is 2. The zero-order chi connectivity index (χ0) is 13.5. The number of nitrogens with one attached hydrogen (secondary N) is 3. The van der Waals surface area contributed by atoms with E-state index in [4.69, 9.17) is 5.26 Å². The summed E-state index contributed by atoms with van der Waals surface area (Å²) in [7, 11) is 0. The van der Waals surface area contributed by atoms with Crippen LogP contribution in [0.15, 0.2) is 48.7 Å². The van der Waals surface area contributed by atoms with Gasteiger partial charge in [-0.2, -0.15) is 5.26 Å². The van der Waals surface area contributed by atoms with Gasteiger partial charge in [-0.1, -0.05) is 6.07 Å². The highest BCUT2D eigenvalue weighted by atomic mass is 16.2. The second kappa shape index (κ2) is 6.02. The number of urea groups is 1. The molecule has 0 atom stereocenters. The second-order valence-electron chi connectivity index (χ2n) is 3.61. The van der Waals surface area contributed by atoms with E-state index in [1.165, 1.54) is 0 Å². The highest BCUT2D eigenvalue weighted by molar-refractivity contribution is 5.89. The van der Waals surface area contributed by atoms with Gasteiger partial charge < -0.3 is 5.32 Å². The monoisotopic (exact) mass is 253 g/mol. The van der Waals surface area contributed by atoms with Crippen LogP contribution in [-0.4, -0.2) is 11.0 Å². The van der Waals surface area contributed by atoms with Crippen molar-refractivity contribution in [2.75, 3.05) is 10.7 Å². The van der Waals surface area contributed by atoms with Crippen LogP contribution in [0.5, 0.6) is 0 Å². The molecule has 0 saturated heterocycles. The Morgan fingerprint density at radius 3 is 2.58 bits per heavy atom. The number of carbonyl (C=O) groups is 1. The predicted octanol–water partition coefficient (Wildman–Crippen LogP) is 2.10. The first kappa shape index (κ1) is 12.4. The third kappa shape index (κ3) is 3.71. The second-order valence-corrected chi connectivity index (χ2v) is 3.61. The summed E-state index contributed by atoms with van der Waals surface area (Å²) in [5.74, 6) is 0.539. The highest BCUT2D eigenvalue weighted by Gasteiger charge is 2.01. The van der Waals surface area contributed by atoms with Crippen molar-refractivity contribution in [2.24, 2.45) is 0 Å². The summed E-state index contributed by atoms with van der Waals surface area (Å²) in [6, 6.07) is 13.4. The van der Waals surface area contributed by atoms with Crippen molar-refractivity contribution in [1.29, 1.82) is 5.26 Å². The fourth-order valence-corrected chi connectivity index (χ4v) is 1.35. The van der Waals surface area contributed by atoms with Crippen molar-refractivity contribution in [3.8, 4) is 6.07 Å². The molecule has 0 saturated carbocycles. The third-order valence-corrected chi connectivity index (χ3v) is 2.24. The standard InChI is InChI=1S/C13H11N5O/c14-9-10-4-6-11(7-5-10)16-13(19)18-17-12-3-1-2-8-15-12/h1-8H,(H,15,17)(H2,16,18,19). The number of nitrogens with zero attached hydrogens (tertiary/aromatic N) is 2. The summed E-state index contributed by atoms with van der Waals surface area (Å²) in [6.07, 6.45) is 1.61. The Balaban J connectivity index is 1.86. The van der Waals surface area contributed by atoms with E-state index >= 15 is 0 Å². The van der Waals surface area contributed by atoms with Crippen LogP contribution < -0.4 is 16.2 Å². The van der Waals surface area contributed by atoms with Crippen molar-refractivity contribution in [3.05, 3.63) is 54.2 Å². The maximum atomic E-state index is 11.6. The largest absolute Gasteiger partial charge is 0.337 e. The number of aromatic nitrogens is 1. The van der Waals surface area contributed by atoms with Gasteiger partial charge in [0.2, 0.25) is 0 Å². The van der Waals surface area contributed by atoms with Gasteiger partial charge in [-0.3, -0.25) is 10.9 Å². The summed E-state index contributed by atoms with van der Waals surface area (Å²) >= 11 is 0. The Labute approximate surface area is 110 Å². The van der Waals surface area contributed by atoms with Gasteiger partial charge in [-0.15, -0.1) is 0 Å². The van der Waals surface area contributed by atoms with Crippen LogP contribution in [0.25, 0.3) is 0 Å². The van der Waals surface area contributed by atoms with Gasteiger partial charge in [-0.25, -0.2) is 9.78 Å². The molecule has 0 radical (unpaired) electrons. The molecule has 1 heterocycles. The molecule has 1 aromatic heterocycles. The predicted molar refractivity (Wildman–Crippen MR) is 71.2 cm³/mol. The molecule has 94 valence electrons. The van der Waals surface area contributed by atoms with Gasteiger partial charge in [0, 0.05) is 11.9 Å². The molecule has 6 nitrogen and oxygen atoms in total. The lowest BCUT2D eigenvalue weighted by molar-refractivity contribution is 0.254. The summed E-state index contributed by atoms with van der Waals surface area (Å²) in [6.45, 7) is 0. The quantitative estimate of drug-likeness (QED) is 0.731. The van der Waals surface area contributed by atoms with Crippen molar-refractivity contribution in [3.63, 3.8) is 0 Å². The van der Waals surface area contributed by atoms with Crippen LogP contribution in [0, 0.1) is 11.3 Å². The number of hydrogen-bond acceptors (Lipinski definition) is 4. The molecule has 0 aliphatic rings. The molecular formula is C13H11N5O. The molecule has 0 unspecified atom stereocenters. The summed E-state index contributed by atoms with van der Waals surface area (Å²) in [5, 5.41) is 11.3. The van der Waals surface area contributed by atoms with Crippen molar-refractivity contribution < 1.29 is 4.79 Å². The lowest BCUT2D eigenvalue weighted by atomic mass is 10.2. The van der Waals surface area contributed by atoms with Crippen molar-refractivity contribution in [1.82, 2.24) is 10.4 Å².